The first kappa shape index (κ1) is 14.6. The molecule has 3 nitrogen and oxygen atoms in total. The van der Waals surface area contributed by atoms with Crippen LogP contribution in [-0.4, -0.2) is 16.9 Å². The van der Waals surface area contributed by atoms with Crippen LogP contribution < -0.4 is 0 Å². The molecule has 0 unspecified atom stereocenters. The predicted octanol–water partition coefficient (Wildman–Crippen LogP) is 4.98. The van der Waals surface area contributed by atoms with E-state index in [1.54, 1.807) is 23.5 Å². The van der Waals surface area contributed by atoms with Crippen molar-refractivity contribution in [2.75, 3.05) is 0 Å². The third kappa shape index (κ3) is 2.37. The van der Waals surface area contributed by atoms with Crippen LogP contribution in [0.2, 0.25) is 0 Å². The summed E-state index contributed by atoms with van der Waals surface area (Å²) in [5.41, 5.74) is 1.26. The van der Waals surface area contributed by atoms with Crippen molar-refractivity contribution >= 4 is 43.3 Å². The zero-order valence-corrected chi connectivity index (χ0v) is 13.3. The molecule has 24 heavy (non-hydrogen) atoms. The summed E-state index contributed by atoms with van der Waals surface area (Å²) in [5, 5.41) is 11.2. The summed E-state index contributed by atoms with van der Waals surface area (Å²) < 4.78 is 2.34. The summed E-state index contributed by atoms with van der Waals surface area (Å²) in [6, 6.07) is 19.9. The van der Waals surface area contributed by atoms with Crippen molar-refractivity contribution in [1.82, 2.24) is 0 Å². The molecule has 0 saturated heterocycles. The van der Waals surface area contributed by atoms with Gasteiger partial charge in [-0.3, -0.25) is 4.79 Å². The van der Waals surface area contributed by atoms with E-state index < -0.39 is 5.97 Å². The number of thiophene rings is 1. The molecule has 1 aromatic heterocycles. The standard InChI is InChI=1S/C20H12O3S/c21-19(12-5-7-13(8-6-12)20(22)23)14-9-10-18-16(11-14)15-3-1-2-4-17(15)24-18/h1-11H,(H,22,23). The number of hydrogen-bond donors (Lipinski definition) is 1. The minimum Gasteiger partial charge on any atom is -0.478 e. The molecule has 1 heterocycles. The zero-order chi connectivity index (χ0) is 16.7. The third-order valence-electron chi connectivity index (χ3n) is 4.03. The number of hydrogen-bond acceptors (Lipinski definition) is 3. The van der Waals surface area contributed by atoms with Crippen LogP contribution in [0.3, 0.4) is 0 Å². The quantitative estimate of drug-likeness (QED) is 0.538. The van der Waals surface area contributed by atoms with E-state index in [0.717, 1.165) is 15.5 Å². The van der Waals surface area contributed by atoms with Gasteiger partial charge in [0.25, 0.3) is 0 Å². The van der Waals surface area contributed by atoms with Crippen LogP contribution in [0.4, 0.5) is 0 Å². The first-order chi connectivity index (χ1) is 11.6. The Morgan fingerprint density at radius 3 is 2.08 bits per heavy atom. The lowest BCUT2D eigenvalue weighted by atomic mass is 10.0. The van der Waals surface area contributed by atoms with E-state index in [1.165, 1.54) is 16.8 Å². The maximum absolute atomic E-state index is 12.7. The third-order valence-corrected chi connectivity index (χ3v) is 5.18. The summed E-state index contributed by atoms with van der Waals surface area (Å²) >= 11 is 1.71. The minimum atomic E-state index is -1.000. The Kier molecular flexibility index (Phi) is 3.40. The molecule has 0 atom stereocenters. The number of carboxylic acid groups (broad SMARTS) is 1. The zero-order valence-electron chi connectivity index (χ0n) is 12.5. The van der Waals surface area contributed by atoms with E-state index in [1.807, 2.05) is 30.3 Å². The highest BCUT2D eigenvalue weighted by atomic mass is 32.1. The Labute approximate surface area is 141 Å². The SMILES string of the molecule is O=C(O)c1ccc(C(=O)c2ccc3sc4ccccc4c3c2)cc1. The highest BCUT2D eigenvalue weighted by Crippen LogP contribution is 2.34. The molecule has 0 saturated carbocycles. The molecule has 1 N–H and O–H groups in total. The van der Waals surface area contributed by atoms with Gasteiger partial charge in [-0.2, -0.15) is 0 Å². The van der Waals surface area contributed by atoms with Gasteiger partial charge in [-0.25, -0.2) is 4.79 Å². The van der Waals surface area contributed by atoms with E-state index in [2.05, 4.69) is 12.1 Å². The van der Waals surface area contributed by atoms with Crippen molar-refractivity contribution in [1.29, 1.82) is 0 Å². The number of benzene rings is 3. The molecule has 0 aliphatic carbocycles. The number of rotatable bonds is 3. The van der Waals surface area contributed by atoms with E-state index in [0.29, 0.717) is 11.1 Å². The van der Waals surface area contributed by atoms with Gasteiger partial charge in [0, 0.05) is 31.3 Å². The van der Waals surface area contributed by atoms with E-state index in [-0.39, 0.29) is 11.3 Å². The summed E-state index contributed by atoms with van der Waals surface area (Å²) in [6.45, 7) is 0. The van der Waals surface area contributed by atoms with Crippen molar-refractivity contribution in [2.45, 2.75) is 0 Å². The fourth-order valence-corrected chi connectivity index (χ4v) is 3.88. The number of carboxylic acids is 1. The van der Waals surface area contributed by atoms with Crippen molar-refractivity contribution in [2.24, 2.45) is 0 Å². The Morgan fingerprint density at radius 2 is 1.33 bits per heavy atom. The summed E-state index contributed by atoms with van der Waals surface area (Å²) in [5.74, 6) is -1.11. The molecule has 0 amide bonds. The van der Waals surface area contributed by atoms with Gasteiger partial charge in [0.2, 0.25) is 0 Å². The summed E-state index contributed by atoms with van der Waals surface area (Å²) in [6.07, 6.45) is 0. The molecule has 0 bridgehead atoms. The number of aromatic carboxylic acids is 1. The van der Waals surface area contributed by atoms with Crippen molar-refractivity contribution in [3.8, 4) is 0 Å². The van der Waals surface area contributed by atoms with Crippen LogP contribution in [0.25, 0.3) is 20.2 Å². The second-order valence-corrected chi connectivity index (χ2v) is 6.60. The molecule has 4 heteroatoms. The Bertz CT molecular complexity index is 1090. The molecule has 0 aliphatic heterocycles. The topological polar surface area (TPSA) is 54.4 Å². The summed E-state index contributed by atoms with van der Waals surface area (Å²) in [4.78, 5) is 23.6. The van der Waals surface area contributed by atoms with Crippen LogP contribution in [0, 0.1) is 0 Å². The van der Waals surface area contributed by atoms with Gasteiger partial charge in [0.15, 0.2) is 5.78 Å². The van der Waals surface area contributed by atoms with Gasteiger partial charge in [-0.15, -0.1) is 11.3 Å². The van der Waals surface area contributed by atoms with E-state index in [9.17, 15) is 9.59 Å². The van der Waals surface area contributed by atoms with Crippen molar-refractivity contribution in [3.05, 3.63) is 83.4 Å². The van der Waals surface area contributed by atoms with Crippen molar-refractivity contribution < 1.29 is 14.7 Å². The molecule has 3 aromatic carbocycles. The number of fused-ring (bicyclic) bond motifs is 3. The normalized spacial score (nSPS) is 11.0. The molecule has 0 radical (unpaired) electrons. The van der Waals surface area contributed by atoms with E-state index >= 15 is 0 Å². The second-order valence-electron chi connectivity index (χ2n) is 5.52. The fraction of sp³-hybridized carbons (Fsp3) is 0. The van der Waals surface area contributed by atoms with Crippen LogP contribution in [0.5, 0.6) is 0 Å². The van der Waals surface area contributed by atoms with Gasteiger partial charge >= 0.3 is 5.97 Å². The van der Waals surface area contributed by atoms with Crippen LogP contribution in [0.1, 0.15) is 26.3 Å². The fourth-order valence-electron chi connectivity index (χ4n) is 2.80. The van der Waals surface area contributed by atoms with Gasteiger partial charge in [-0.1, -0.05) is 30.3 Å². The Balaban J connectivity index is 1.79. The maximum atomic E-state index is 12.7. The molecule has 0 spiro atoms. The lowest BCUT2D eigenvalue weighted by molar-refractivity contribution is 0.0696. The molecule has 0 aliphatic rings. The van der Waals surface area contributed by atoms with Gasteiger partial charge in [-0.05, 0) is 36.4 Å². The van der Waals surface area contributed by atoms with Gasteiger partial charge in [0.05, 0.1) is 5.56 Å². The van der Waals surface area contributed by atoms with Crippen LogP contribution >= 0.6 is 11.3 Å². The van der Waals surface area contributed by atoms with Gasteiger partial charge in [0.1, 0.15) is 0 Å². The largest absolute Gasteiger partial charge is 0.478 e. The Hall–Kier alpha value is -2.98. The average molecular weight is 332 g/mol. The predicted molar refractivity (Wildman–Crippen MR) is 96.2 cm³/mol. The van der Waals surface area contributed by atoms with Crippen molar-refractivity contribution in [3.63, 3.8) is 0 Å². The van der Waals surface area contributed by atoms with E-state index in [4.69, 9.17) is 5.11 Å². The smallest absolute Gasteiger partial charge is 0.335 e. The van der Waals surface area contributed by atoms with Crippen LogP contribution in [-0.2, 0) is 0 Å². The monoisotopic (exact) mass is 332 g/mol. The minimum absolute atomic E-state index is 0.107. The number of ketones is 1. The lowest BCUT2D eigenvalue weighted by Crippen LogP contribution is -2.02. The molecule has 4 aromatic rings. The van der Waals surface area contributed by atoms with Gasteiger partial charge < -0.3 is 5.11 Å². The highest BCUT2D eigenvalue weighted by molar-refractivity contribution is 7.25. The second kappa shape index (κ2) is 5.58. The lowest BCUT2D eigenvalue weighted by Gasteiger charge is -2.03. The first-order valence-corrected chi connectivity index (χ1v) is 8.24. The molecule has 0 fully saturated rings. The first-order valence-electron chi connectivity index (χ1n) is 7.43. The van der Waals surface area contributed by atoms with Crippen LogP contribution in [0.15, 0.2) is 66.7 Å². The summed E-state index contributed by atoms with van der Waals surface area (Å²) in [7, 11) is 0. The highest BCUT2D eigenvalue weighted by Gasteiger charge is 2.13. The maximum Gasteiger partial charge on any atom is 0.335 e. The average Bonchev–Trinajstić information content (AvgIpc) is 2.99. The molecular weight excluding hydrogens is 320 g/mol. The molecular formula is C20H12O3S. The Morgan fingerprint density at radius 1 is 0.708 bits per heavy atom. The number of carbonyl (C=O) groups excluding carboxylic acids is 1. The molecule has 116 valence electrons. The number of carbonyl (C=O) groups is 2. The molecule has 4 rings (SSSR count).